The molecule has 1 atom stereocenters. The smallest absolute Gasteiger partial charge is 0.432 e. The van der Waals surface area contributed by atoms with Gasteiger partial charge < -0.3 is 4.74 Å². The third-order valence-electron chi connectivity index (χ3n) is 2.35. The fourth-order valence-electron chi connectivity index (χ4n) is 1.18. The largest absolute Gasteiger partial charge is 0.441 e. The van der Waals surface area contributed by atoms with E-state index in [2.05, 4.69) is 23.1 Å². The molecule has 0 aromatic rings. The van der Waals surface area contributed by atoms with Gasteiger partial charge in [0.25, 0.3) is 6.10 Å². The van der Waals surface area contributed by atoms with Crippen molar-refractivity contribution < 1.29 is 44.5 Å². The average Bonchev–Trinajstić information content (AvgIpc) is 2.91. The molecule has 1 N–H and O–H groups in total. The summed E-state index contributed by atoms with van der Waals surface area (Å²) in [5, 5.41) is -5.73. The standard InChI is InChI=1S/C7H7F5O5S.C4H8S/c1-3(2)4(13)17-5(6(8,9)10)7(11,12)18(14,15)16;1-2-4-5-3-1/h5H,1H2,2H3,(H,14,15,16);1-4H2. The van der Waals surface area contributed by atoms with Crippen molar-refractivity contribution in [2.45, 2.75) is 37.3 Å². The number of ether oxygens (including phenoxy) is 1. The number of hydrogen-bond acceptors (Lipinski definition) is 5. The lowest BCUT2D eigenvalue weighted by Crippen LogP contribution is -2.52. The van der Waals surface area contributed by atoms with Gasteiger partial charge >= 0.3 is 27.5 Å². The Morgan fingerprint density at radius 1 is 1.22 bits per heavy atom. The number of rotatable bonds is 4. The summed E-state index contributed by atoms with van der Waals surface area (Å²) >= 11 is 2.07. The van der Waals surface area contributed by atoms with Crippen LogP contribution in [0.2, 0.25) is 0 Å². The number of carbonyl (C=O) groups excluding carboxylic acids is 1. The fraction of sp³-hybridized carbons (Fsp3) is 0.727. The van der Waals surface area contributed by atoms with Gasteiger partial charge in [0.2, 0.25) is 0 Å². The van der Waals surface area contributed by atoms with Gasteiger partial charge in [-0.05, 0) is 31.3 Å². The Morgan fingerprint density at radius 2 is 1.65 bits per heavy atom. The first-order valence-corrected chi connectivity index (χ1v) is 8.66. The van der Waals surface area contributed by atoms with Crippen molar-refractivity contribution in [1.82, 2.24) is 0 Å². The lowest BCUT2D eigenvalue weighted by atomic mass is 10.3. The number of thioether (sulfide) groups is 1. The van der Waals surface area contributed by atoms with E-state index in [1.54, 1.807) is 0 Å². The Balaban J connectivity index is 0.000000809. The van der Waals surface area contributed by atoms with Crippen LogP contribution in [-0.4, -0.2) is 48.0 Å². The van der Waals surface area contributed by atoms with Gasteiger partial charge in [0, 0.05) is 5.57 Å². The fourth-order valence-corrected chi connectivity index (χ4v) is 2.65. The molecule has 1 saturated heterocycles. The maximum Gasteiger partial charge on any atom is 0.432 e. The number of esters is 1. The van der Waals surface area contributed by atoms with Crippen LogP contribution in [0.3, 0.4) is 0 Å². The second-order valence-electron chi connectivity index (χ2n) is 4.46. The summed E-state index contributed by atoms with van der Waals surface area (Å²) in [5.74, 6) is 0.959. The molecule has 1 fully saturated rings. The number of halogens is 5. The molecule has 1 aliphatic rings. The summed E-state index contributed by atoms with van der Waals surface area (Å²) in [6.45, 7) is 3.70. The average molecular weight is 386 g/mol. The van der Waals surface area contributed by atoms with Gasteiger partial charge in [0.15, 0.2) is 0 Å². The second-order valence-corrected chi connectivity index (χ2v) is 7.18. The van der Waals surface area contributed by atoms with Gasteiger partial charge in [-0.2, -0.15) is 42.1 Å². The zero-order valence-electron chi connectivity index (χ0n) is 11.9. The van der Waals surface area contributed by atoms with Gasteiger partial charge in [0.1, 0.15) is 0 Å². The van der Waals surface area contributed by atoms with Crippen molar-refractivity contribution in [2.75, 3.05) is 11.5 Å². The van der Waals surface area contributed by atoms with Crippen LogP contribution < -0.4 is 0 Å². The predicted molar refractivity (Wildman–Crippen MR) is 73.8 cm³/mol. The monoisotopic (exact) mass is 386 g/mol. The molecule has 5 nitrogen and oxygen atoms in total. The normalized spacial score (nSPS) is 17.0. The number of hydrogen-bond donors (Lipinski definition) is 1. The molecule has 0 spiro atoms. The summed E-state index contributed by atoms with van der Waals surface area (Å²) in [6.07, 6.45) is -7.30. The molecule has 1 heterocycles. The van der Waals surface area contributed by atoms with E-state index < -0.39 is 39.2 Å². The highest BCUT2D eigenvalue weighted by Crippen LogP contribution is 2.38. The Kier molecular flexibility index (Phi) is 7.97. The SMILES string of the molecule is C1CCSC1.C=C(C)C(=O)OC(C(F)(F)F)C(F)(F)S(=O)(=O)O. The van der Waals surface area contributed by atoms with Crippen molar-refractivity contribution >= 4 is 27.8 Å². The molecular weight excluding hydrogens is 371 g/mol. The van der Waals surface area contributed by atoms with Crippen LogP contribution in [-0.2, 0) is 19.6 Å². The zero-order valence-corrected chi connectivity index (χ0v) is 13.5. The van der Waals surface area contributed by atoms with E-state index in [9.17, 15) is 35.2 Å². The molecule has 0 saturated carbocycles. The van der Waals surface area contributed by atoms with Gasteiger partial charge in [-0.15, -0.1) is 0 Å². The summed E-state index contributed by atoms with van der Waals surface area (Å²) in [7, 11) is -6.42. The summed E-state index contributed by atoms with van der Waals surface area (Å²) < 4.78 is 94.0. The van der Waals surface area contributed by atoms with Crippen molar-refractivity contribution in [1.29, 1.82) is 0 Å². The first kappa shape index (κ1) is 22.1. The summed E-state index contributed by atoms with van der Waals surface area (Å²) in [4.78, 5) is 10.7. The molecule has 0 aromatic heterocycles. The zero-order chi connectivity index (χ0) is 18.5. The minimum absolute atomic E-state index is 0.657. The third-order valence-corrected chi connectivity index (χ3v) is 4.40. The minimum atomic E-state index is -6.42. The lowest BCUT2D eigenvalue weighted by Gasteiger charge is -2.25. The van der Waals surface area contributed by atoms with E-state index >= 15 is 0 Å². The maximum absolute atomic E-state index is 12.8. The topological polar surface area (TPSA) is 80.7 Å². The van der Waals surface area contributed by atoms with Gasteiger partial charge in [-0.1, -0.05) is 6.58 Å². The lowest BCUT2D eigenvalue weighted by molar-refractivity contribution is -0.257. The van der Waals surface area contributed by atoms with Crippen LogP contribution in [0.5, 0.6) is 0 Å². The highest BCUT2D eigenvalue weighted by Gasteiger charge is 2.66. The molecule has 136 valence electrons. The highest BCUT2D eigenvalue weighted by atomic mass is 32.2. The third kappa shape index (κ3) is 7.04. The van der Waals surface area contributed by atoms with Crippen molar-refractivity contribution in [3.8, 4) is 0 Å². The van der Waals surface area contributed by atoms with Crippen molar-refractivity contribution in [3.63, 3.8) is 0 Å². The van der Waals surface area contributed by atoms with Crippen LogP contribution in [0.4, 0.5) is 22.0 Å². The van der Waals surface area contributed by atoms with Crippen LogP contribution in [0.25, 0.3) is 0 Å². The van der Waals surface area contributed by atoms with Crippen LogP contribution >= 0.6 is 11.8 Å². The molecule has 0 aliphatic carbocycles. The Morgan fingerprint density at radius 3 is 1.87 bits per heavy atom. The molecule has 1 rings (SSSR count). The van der Waals surface area contributed by atoms with Crippen LogP contribution in [0.15, 0.2) is 12.2 Å². The predicted octanol–water partition coefficient (Wildman–Crippen LogP) is 3.03. The first-order valence-electron chi connectivity index (χ1n) is 6.07. The highest BCUT2D eigenvalue weighted by molar-refractivity contribution is 7.99. The molecule has 1 unspecified atom stereocenters. The van der Waals surface area contributed by atoms with E-state index in [0.29, 0.717) is 0 Å². The van der Waals surface area contributed by atoms with Gasteiger partial charge in [0.05, 0.1) is 0 Å². The minimum Gasteiger partial charge on any atom is -0.441 e. The molecule has 1 aliphatic heterocycles. The maximum atomic E-state index is 12.8. The molecule has 0 radical (unpaired) electrons. The Labute approximate surface area is 134 Å². The molecule has 23 heavy (non-hydrogen) atoms. The molecular formula is C11H15F5O5S2. The van der Waals surface area contributed by atoms with E-state index in [4.69, 9.17) is 4.55 Å². The Bertz CT molecular complexity index is 518. The van der Waals surface area contributed by atoms with Crippen LogP contribution in [0.1, 0.15) is 19.8 Å². The van der Waals surface area contributed by atoms with Crippen molar-refractivity contribution in [3.05, 3.63) is 12.2 Å². The van der Waals surface area contributed by atoms with Gasteiger partial charge in [-0.25, -0.2) is 4.79 Å². The van der Waals surface area contributed by atoms with E-state index in [0.717, 1.165) is 6.92 Å². The molecule has 0 aromatic carbocycles. The van der Waals surface area contributed by atoms with Gasteiger partial charge in [-0.3, -0.25) is 4.55 Å². The molecule has 0 amide bonds. The summed E-state index contributed by atoms with van der Waals surface area (Å²) in [5.41, 5.74) is -0.657. The van der Waals surface area contributed by atoms with E-state index in [1.807, 2.05) is 0 Å². The molecule has 0 bridgehead atoms. The van der Waals surface area contributed by atoms with Crippen LogP contribution in [0, 0.1) is 0 Å². The Hall–Kier alpha value is -0.880. The quantitative estimate of drug-likeness (QED) is 0.346. The van der Waals surface area contributed by atoms with E-state index in [1.165, 1.54) is 24.3 Å². The number of alkyl halides is 5. The van der Waals surface area contributed by atoms with E-state index in [-0.39, 0.29) is 0 Å². The summed E-state index contributed by atoms with van der Waals surface area (Å²) in [6, 6.07) is 0. The van der Waals surface area contributed by atoms with Crippen molar-refractivity contribution in [2.24, 2.45) is 0 Å². The first-order chi connectivity index (χ1) is 10.2. The molecule has 12 heteroatoms. The second kappa shape index (κ2) is 8.29. The number of carbonyl (C=O) groups is 1.